The van der Waals surface area contributed by atoms with Crippen molar-refractivity contribution < 1.29 is 9.53 Å². The van der Waals surface area contributed by atoms with Gasteiger partial charge >= 0.3 is 0 Å². The molecule has 1 aliphatic carbocycles. The Kier molecular flexibility index (Phi) is 5.64. The van der Waals surface area contributed by atoms with Gasteiger partial charge in [-0.25, -0.2) is 0 Å². The van der Waals surface area contributed by atoms with Crippen molar-refractivity contribution in [1.82, 2.24) is 0 Å². The molecular formula is C15H28O2. The second kappa shape index (κ2) is 6.53. The number of methoxy groups -OCH3 is 1. The summed E-state index contributed by atoms with van der Waals surface area (Å²) in [5.74, 6) is 1.38. The van der Waals surface area contributed by atoms with Gasteiger partial charge in [0.2, 0.25) is 0 Å². The van der Waals surface area contributed by atoms with E-state index in [1.165, 1.54) is 19.3 Å². The third kappa shape index (κ3) is 2.90. The van der Waals surface area contributed by atoms with E-state index in [1.807, 2.05) is 0 Å². The van der Waals surface area contributed by atoms with E-state index in [-0.39, 0.29) is 5.41 Å². The monoisotopic (exact) mass is 240 g/mol. The maximum Gasteiger partial charge on any atom is 0.141 e. The second-order valence-electron chi connectivity index (χ2n) is 5.73. The minimum atomic E-state index is -0.206. The Morgan fingerprint density at radius 1 is 1.29 bits per heavy atom. The minimum Gasteiger partial charge on any atom is -0.384 e. The smallest absolute Gasteiger partial charge is 0.141 e. The van der Waals surface area contributed by atoms with Gasteiger partial charge in [-0.15, -0.1) is 0 Å². The van der Waals surface area contributed by atoms with Crippen molar-refractivity contribution in [1.29, 1.82) is 0 Å². The first-order valence-electron chi connectivity index (χ1n) is 7.11. The highest BCUT2D eigenvalue weighted by molar-refractivity contribution is 5.85. The van der Waals surface area contributed by atoms with Crippen LogP contribution in [0.1, 0.15) is 59.3 Å². The van der Waals surface area contributed by atoms with E-state index in [4.69, 9.17) is 4.74 Å². The summed E-state index contributed by atoms with van der Waals surface area (Å²) in [6, 6.07) is 0. The van der Waals surface area contributed by atoms with Crippen molar-refractivity contribution in [2.75, 3.05) is 13.7 Å². The number of ketones is 1. The zero-order chi connectivity index (χ0) is 12.9. The van der Waals surface area contributed by atoms with Gasteiger partial charge in [0.1, 0.15) is 5.78 Å². The van der Waals surface area contributed by atoms with Crippen LogP contribution in [0, 0.1) is 17.3 Å². The maximum atomic E-state index is 12.6. The Hall–Kier alpha value is -0.370. The van der Waals surface area contributed by atoms with E-state index in [0.29, 0.717) is 24.2 Å². The first-order valence-corrected chi connectivity index (χ1v) is 7.11. The lowest BCUT2D eigenvalue weighted by atomic mass is 9.59. The summed E-state index contributed by atoms with van der Waals surface area (Å²) in [4.78, 5) is 12.6. The summed E-state index contributed by atoms with van der Waals surface area (Å²) in [5, 5.41) is 0. The fourth-order valence-corrected chi connectivity index (χ4v) is 3.45. The van der Waals surface area contributed by atoms with Crippen molar-refractivity contribution in [2.24, 2.45) is 17.3 Å². The summed E-state index contributed by atoms with van der Waals surface area (Å²) in [6.45, 7) is 7.22. The van der Waals surface area contributed by atoms with Gasteiger partial charge in [-0.1, -0.05) is 33.6 Å². The predicted molar refractivity (Wildman–Crippen MR) is 71.0 cm³/mol. The fraction of sp³-hybridized carbons (Fsp3) is 0.933. The molecule has 0 heterocycles. The quantitative estimate of drug-likeness (QED) is 0.705. The van der Waals surface area contributed by atoms with Gasteiger partial charge < -0.3 is 4.74 Å². The molecule has 2 atom stereocenters. The van der Waals surface area contributed by atoms with E-state index in [9.17, 15) is 4.79 Å². The zero-order valence-corrected chi connectivity index (χ0v) is 11.9. The number of carbonyl (C=O) groups is 1. The molecule has 0 aromatic carbocycles. The SMILES string of the molecule is CCCCC(=O)C1(COC)C(C)CCCC1C. The number of rotatable bonds is 6. The van der Waals surface area contributed by atoms with Crippen LogP contribution in [0.25, 0.3) is 0 Å². The number of hydrogen-bond donors (Lipinski definition) is 0. The molecule has 2 unspecified atom stereocenters. The highest BCUT2D eigenvalue weighted by atomic mass is 16.5. The zero-order valence-electron chi connectivity index (χ0n) is 11.9. The van der Waals surface area contributed by atoms with Crippen LogP contribution in [0.2, 0.25) is 0 Å². The number of hydrogen-bond acceptors (Lipinski definition) is 2. The summed E-state index contributed by atoms with van der Waals surface area (Å²) in [5.41, 5.74) is -0.206. The van der Waals surface area contributed by atoms with Crippen LogP contribution in [0.5, 0.6) is 0 Å². The van der Waals surface area contributed by atoms with Crippen molar-refractivity contribution in [2.45, 2.75) is 59.3 Å². The van der Waals surface area contributed by atoms with Gasteiger partial charge in [0, 0.05) is 13.5 Å². The molecule has 0 bridgehead atoms. The Morgan fingerprint density at radius 3 is 2.35 bits per heavy atom. The molecule has 0 aliphatic heterocycles. The predicted octanol–water partition coefficient (Wildman–Crippen LogP) is 3.83. The second-order valence-corrected chi connectivity index (χ2v) is 5.73. The molecule has 2 nitrogen and oxygen atoms in total. The lowest BCUT2D eigenvalue weighted by Gasteiger charge is -2.46. The van der Waals surface area contributed by atoms with Crippen molar-refractivity contribution in [3.05, 3.63) is 0 Å². The molecule has 0 N–H and O–H groups in total. The fourth-order valence-electron chi connectivity index (χ4n) is 3.45. The Labute approximate surface area is 106 Å². The van der Waals surface area contributed by atoms with E-state index in [0.717, 1.165) is 19.3 Å². The molecule has 1 rings (SSSR count). The van der Waals surface area contributed by atoms with Crippen molar-refractivity contribution in [3.8, 4) is 0 Å². The molecule has 0 aromatic heterocycles. The van der Waals surface area contributed by atoms with Crippen LogP contribution < -0.4 is 0 Å². The Morgan fingerprint density at radius 2 is 1.88 bits per heavy atom. The average molecular weight is 240 g/mol. The molecule has 0 saturated heterocycles. The molecule has 0 radical (unpaired) electrons. The van der Waals surface area contributed by atoms with E-state index >= 15 is 0 Å². The molecule has 0 amide bonds. The first-order chi connectivity index (χ1) is 8.09. The molecule has 1 saturated carbocycles. The van der Waals surface area contributed by atoms with Crippen LogP contribution in [0.4, 0.5) is 0 Å². The lowest BCUT2D eigenvalue weighted by Crippen LogP contribution is -2.49. The Balaban J connectivity index is 2.88. The molecule has 1 aliphatic rings. The van der Waals surface area contributed by atoms with E-state index < -0.39 is 0 Å². The molecular weight excluding hydrogens is 212 g/mol. The van der Waals surface area contributed by atoms with Crippen molar-refractivity contribution >= 4 is 5.78 Å². The van der Waals surface area contributed by atoms with E-state index in [1.54, 1.807) is 7.11 Å². The lowest BCUT2D eigenvalue weighted by molar-refractivity contribution is -0.144. The highest BCUT2D eigenvalue weighted by Gasteiger charge is 2.48. The first kappa shape index (κ1) is 14.7. The highest BCUT2D eigenvalue weighted by Crippen LogP contribution is 2.47. The van der Waals surface area contributed by atoms with Crippen molar-refractivity contribution in [3.63, 3.8) is 0 Å². The summed E-state index contributed by atoms with van der Waals surface area (Å²) in [6.07, 6.45) is 6.45. The topological polar surface area (TPSA) is 26.3 Å². The average Bonchev–Trinajstić information content (AvgIpc) is 2.31. The van der Waals surface area contributed by atoms with Crippen LogP contribution in [0.15, 0.2) is 0 Å². The number of unbranched alkanes of at least 4 members (excludes halogenated alkanes) is 1. The molecule has 17 heavy (non-hydrogen) atoms. The standard InChI is InChI=1S/C15H28O2/c1-5-6-10-14(16)15(11-17-4)12(2)8-7-9-13(15)3/h12-13H,5-11H2,1-4H3. The van der Waals surface area contributed by atoms with Crippen LogP contribution >= 0.6 is 0 Å². The molecule has 2 heteroatoms. The molecule has 0 spiro atoms. The normalized spacial score (nSPS) is 33.6. The van der Waals surface area contributed by atoms with Gasteiger partial charge in [0.25, 0.3) is 0 Å². The van der Waals surface area contributed by atoms with Gasteiger partial charge in [0.05, 0.1) is 12.0 Å². The van der Waals surface area contributed by atoms with Gasteiger partial charge in [-0.05, 0) is 31.1 Å². The minimum absolute atomic E-state index is 0.206. The third-order valence-corrected chi connectivity index (χ3v) is 4.69. The third-order valence-electron chi connectivity index (χ3n) is 4.69. The number of carbonyl (C=O) groups excluding carboxylic acids is 1. The molecule has 0 aromatic rings. The van der Waals surface area contributed by atoms with Crippen LogP contribution in [-0.2, 0) is 9.53 Å². The Bertz CT molecular complexity index is 237. The summed E-state index contributed by atoms with van der Waals surface area (Å²) < 4.78 is 5.41. The van der Waals surface area contributed by atoms with Crippen LogP contribution in [0.3, 0.4) is 0 Å². The maximum absolute atomic E-state index is 12.6. The van der Waals surface area contributed by atoms with Gasteiger partial charge in [-0.2, -0.15) is 0 Å². The number of Topliss-reactive ketones (excluding diaryl/α,β-unsaturated/α-hetero) is 1. The molecule has 100 valence electrons. The van der Waals surface area contributed by atoms with Gasteiger partial charge in [-0.3, -0.25) is 4.79 Å². The van der Waals surface area contributed by atoms with E-state index in [2.05, 4.69) is 20.8 Å². The summed E-state index contributed by atoms with van der Waals surface area (Å²) in [7, 11) is 1.73. The summed E-state index contributed by atoms with van der Waals surface area (Å²) >= 11 is 0. The van der Waals surface area contributed by atoms with Crippen LogP contribution in [-0.4, -0.2) is 19.5 Å². The molecule has 1 fully saturated rings. The number of ether oxygens (including phenoxy) is 1. The van der Waals surface area contributed by atoms with Gasteiger partial charge in [0.15, 0.2) is 0 Å². The largest absolute Gasteiger partial charge is 0.384 e.